The fourth-order valence-corrected chi connectivity index (χ4v) is 4.36. The molecule has 0 saturated heterocycles. The topological polar surface area (TPSA) is 98.0 Å². The molecule has 5 atom stereocenters. The Balaban J connectivity index is 1.69. The summed E-state index contributed by atoms with van der Waals surface area (Å²) in [7, 11) is 0. The Hall–Kier alpha value is -1.69. The second kappa shape index (κ2) is 12.8. The average Bonchev–Trinajstić information content (AvgIpc) is 2.96. The third-order valence-electron chi connectivity index (χ3n) is 6.04. The van der Waals surface area contributed by atoms with Crippen LogP contribution in [0.25, 0.3) is 0 Å². The molecule has 5 heteroatoms. The van der Waals surface area contributed by atoms with Crippen molar-refractivity contribution in [1.29, 1.82) is 0 Å². The summed E-state index contributed by atoms with van der Waals surface area (Å²) < 4.78 is 0. The SMILES string of the molecule is O=C(O)CCC/C=C\C[C@@H]1[C@@H](CCC[C@@H](O)CCc2ccccc2)[C@H](O)C[C@@H]1O. The van der Waals surface area contributed by atoms with Gasteiger partial charge in [0.1, 0.15) is 0 Å². The Kier molecular flexibility index (Phi) is 10.4. The van der Waals surface area contributed by atoms with Crippen molar-refractivity contribution in [2.24, 2.45) is 11.8 Å². The smallest absolute Gasteiger partial charge is 0.303 e. The van der Waals surface area contributed by atoms with Gasteiger partial charge in [-0.2, -0.15) is 0 Å². The van der Waals surface area contributed by atoms with Crippen molar-refractivity contribution < 1.29 is 25.2 Å². The normalized spacial score (nSPS) is 25.5. The second-order valence-corrected chi connectivity index (χ2v) is 8.30. The number of aliphatic hydroxyl groups excluding tert-OH is 3. The van der Waals surface area contributed by atoms with Gasteiger partial charge in [0.15, 0.2) is 0 Å². The molecular weight excluding hydrogens is 368 g/mol. The fraction of sp³-hybridized carbons (Fsp3) is 0.625. The highest BCUT2D eigenvalue weighted by molar-refractivity contribution is 5.66. The number of carbonyl (C=O) groups is 1. The molecule has 0 aliphatic heterocycles. The van der Waals surface area contributed by atoms with E-state index in [9.17, 15) is 20.1 Å². The highest BCUT2D eigenvalue weighted by Crippen LogP contribution is 2.38. The van der Waals surface area contributed by atoms with Gasteiger partial charge in [0, 0.05) is 6.42 Å². The minimum absolute atomic E-state index is 0.0298. The Morgan fingerprint density at radius 3 is 2.48 bits per heavy atom. The van der Waals surface area contributed by atoms with Crippen molar-refractivity contribution in [3.8, 4) is 0 Å². The van der Waals surface area contributed by atoms with E-state index in [0.717, 1.165) is 32.1 Å². The summed E-state index contributed by atoms with van der Waals surface area (Å²) in [5, 5.41) is 39.6. The number of benzene rings is 1. The third kappa shape index (κ3) is 8.69. The average molecular weight is 405 g/mol. The molecule has 2 rings (SSSR count). The Labute approximate surface area is 174 Å². The number of carboxylic acid groups (broad SMARTS) is 1. The maximum atomic E-state index is 10.5. The number of allylic oxidation sites excluding steroid dienone is 2. The van der Waals surface area contributed by atoms with Gasteiger partial charge in [-0.05, 0) is 68.8 Å². The molecule has 29 heavy (non-hydrogen) atoms. The fourth-order valence-electron chi connectivity index (χ4n) is 4.36. The second-order valence-electron chi connectivity index (χ2n) is 8.30. The van der Waals surface area contributed by atoms with Crippen LogP contribution in [-0.4, -0.2) is 44.7 Å². The van der Waals surface area contributed by atoms with Gasteiger partial charge in [0.2, 0.25) is 0 Å². The molecule has 1 aromatic carbocycles. The molecule has 0 unspecified atom stereocenters. The number of aliphatic carboxylic acids is 1. The van der Waals surface area contributed by atoms with E-state index >= 15 is 0 Å². The predicted molar refractivity (Wildman–Crippen MR) is 113 cm³/mol. The monoisotopic (exact) mass is 404 g/mol. The van der Waals surface area contributed by atoms with Gasteiger partial charge < -0.3 is 20.4 Å². The molecule has 0 amide bonds. The Bertz CT molecular complexity index is 615. The maximum absolute atomic E-state index is 10.5. The van der Waals surface area contributed by atoms with Crippen molar-refractivity contribution >= 4 is 5.97 Å². The maximum Gasteiger partial charge on any atom is 0.303 e. The van der Waals surface area contributed by atoms with Gasteiger partial charge in [0.25, 0.3) is 0 Å². The lowest BCUT2D eigenvalue weighted by molar-refractivity contribution is -0.137. The van der Waals surface area contributed by atoms with Crippen LogP contribution < -0.4 is 0 Å². The van der Waals surface area contributed by atoms with E-state index in [0.29, 0.717) is 25.7 Å². The van der Waals surface area contributed by atoms with Crippen LogP contribution in [0.5, 0.6) is 0 Å². The van der Waals surface area contributed by atoms with Crippen molar-refractivity contribution in [3.05, 3.63) is 48.0 Å². The predicted octanol–water partition coefficient (Wildman–Crippen LogP) is 3.71. The minimum atomic E-state index is -0.779. The van der Waals surface area contributed by atoms with E-state index in [2.05, 4.69) is 12.1 Å². The number of hydrogen-bond donors (Lipinski definition) is 4. The number of carboxylic acids is 1. The molecule has 162 valence electrons. The molecule has 1 aliphatic rings. The molecule has 0 bridgehead atoms. The van der Waals surface area contributed by atoms with Crippen LogP contribution in [0.1, 0.15) is 63.4 Å². The number of hydrogen-bond acceptors (Lipinski definition) is 4. The molecule has 0 radical (unpaired) electrons. The summed E-state index contributed by atoms with van der Waals surface area (Å²) in [6, 6.07) is 10.2. The summed E-state index contributed by atoms with van der Waals surface area (Å²) >= 11 is 0. The van der Waals surface area contributed by atoms with Gasteiger partial charge in [-0.1, -0.05) is 48.9 Å². The number of rotatable bonds is 13. The first-order valence-electron chi connectivity index (χ1n) is 10.9. The van der Waals surface area contributed by atoms with Crippen LogP contribution in [0.3, 0.4) is 0 Å². The molecule has 0 heterocycles. The molecule has 1 aromatic rings. The van der Waals surface area contributed by atoms with Crippen LogP contribution in [0.4, 0.5) is 0 Å². The zero-order valence-corrected chi connectivity index (χ0v) is 17.2. The van der Waals surface area contributed by atoms with Crippen LogP contribution in [-0.2, 0) is 11.2 Å². The lowest BCUT2D eigenvalue weighted by Gasteiger charge is -2.23. The first kappa shape index (κ1) is 23.6. The highest BCUT2D eigenvalue weighted by atomic mass is 16.4. The summed E-state index contributed by atoms with van der Waals surface area (Å²) in [6.45, 7) is 0. The van der Waals surface area contributed by atoms with Gasteiger partial charge in [-0.15, -0.1) is 0 Å². The summed E-state index contributed by atoms with van der Waals surface area (Å²) in [6.07, 6.45) is 9.23. The van der Waals surface area contributed by atoms with Gasteiger partial charge in [0.05, 0.1) is 18.3 Å². The van der Waals surface area contributed by atoms with Crippen molar-refractivity contribution in [1.82, 2.24) is 0 Å². The molecule has 0 spiro atoms. The first-order valence-corrected chi connectivity index (χ1v) is 10.9. The zero-order valence-electron chi connectivity index (χ0n) is 17.2. The lowest BCUT2D eigenvalue weighted by Crippen LogP contribution is -2.22. The van der Waals surface area contributed by atoms with Crippen molar-refractivity contribution in [2.45, 2.75) is 82.5 Å². The summed E-state index contributed by atoms with van der Waals surface area (Å²) in [5.74, 6) is -0.698. The molecule has 5 nitrogen and oxygen atoms in total. The molecular formula is C24H36O5. The molecule has 0 aromatic heterocycles. The van der Waals surface area contributed by atoms with Crippen LogP contribution in [0, 0.1) is 11.8 Å². The Morgan fingerprint density at radius 2 is 1.76 bits per heavy atom. The van der Waals surface area contributed by atoms with E-state index in [1.54, 1.807) is 0 Å². The highest BCUT2D eigenvalue weighted by Gasteiger charge is 2.40. The van der Waals surface area contributed by atoms with Crippen molar-refractivity contribution in [3.63, 3.8) is 0 Å². The van der Waals surface area contributed by atoms with E-state index < -0.39 is 18.2 Å². The molecule has 1 aliphatic carbocycles. The van der Waals surface area contributed by atoms with Crippen LogP contribution in [0.2, 0.25) is 0 Å². The third-order valence-corrected chi connectivity index (χ3v) is 6.04. The summed E-state index contributed by atoms with van der Waals surface area (Å²) in [5.41, 5.74) is 1.23. The van der Waals surface area contributed by atoms with Gasteiger partial charge in [-0.3, -0.25) is 4.79 Å². The summed E-state index contributed by atoms with van der Waals surface area (Å²) in [4.78, 5) is 10.5. The van der Waals surface area contributed by atoms with E-state index in [1.165, 1.54) is 5.56 Å². The molecule has 1 fully saturated rings. The standard InChI is InChI=1S/C24H36O5/c25-19(16-15-18-9-4-3-5-10-18)11-8-13-21-20(22(26)17-23(21)27)12-6-1-2-7-14-24(28)29/h1,3-6,9-10,19-23,25-27H,2,7-8,11-17H2,(H,28,29)/b6-1-/t19-,20-,21-,22+,23-/m1/s1. The number of aryl methyl sites for hydroxylation is 1. The van der Waals surface area contributed by atoms with E-state index in [4.69, 9.17) is 5.11 Å². The lowest BCUT2D eigenvalue weighted by atomic mass is 9.86. The minimum Gasteiger partial charge on any atom is -0.481 e. The molecule has 1 saturated carbocycles. The first-order chi connectivity index (χ1) is 14.0. The molecule has 4 N–H and O–H groups in total. The van der Waals surface area contributed by atoms with E-state index in [1.807, 2.05) is 30.4 Å². The number of unbranched alkanes of at least 4 members (excludes halogenated alkanes) is 1. The quantitative estimate of drug-likeness (QED) is 0.297. The largest absolute Gasteiger partial charge is 0.481 e. The van der Waals surface area contributed by atoms with Crippen molar-refractivity contribution in [2.75, 3.05) is 0 Å². The Morgan fingerprint density at radius 1 is 1.03 bits per heavy atom. The van der Waals surface area contributed by atoms with Gasteiger partial charge in [-0.25, -0.2) is 0 Å². The van der Waals surface area contributed by atoms with Crippen LogP contribution >= 0.6 is 0 Å². The van der Waals surface area contributed by atoms with Crippen LogP contribution in [0.15, 0.2) is 42.5 Å². The van der Waals surface area contributed by atoms with Gasteiger partial charge >= 0.3 is 5.97 Å². The van der Waals surface area contributed by atoms with E-state index in [-0.39, 0.29) is 24.4 Å². The zero-order chi connectivity index (χ0) is 21.1. The number of aliphatic hydroxyl groups is 3.